The van der Waals surface area contributed by atoms with Crippen LogP contribution in [0, 0.1) is 5.41 Å². The fourth-order valence-corrected chi connectivity index (χ4v) is 3.24. The first-order chi connectivity index (χ1) is 12.6. The Morgan fingerprint density at radius 1 is 1.07 bits per heavy atom. The highest BCUT2D eigenvalue weighted by molar-refractivity contribution is 5.97. The number of rotatable bonds is 4. The largest absolute Gasteiger partial charge is 0.378 e. The van der Waals surface area contributed by atoms with Crippen molar-refractivity contribution in [3.8, 4) is 0 Å². The third-order valence-corrected chi connectivity index (χ3v) is 5.03. The average Bonchev–Trinajstić information content (AvgIpc) is 2.86. The molecule has 5 nitrogen and oxygen atoms in total. The van der Waals surface area contributed by atoms with Gasteiger partial charge in [0.15, 0.2) is 5.78 Å². The molecule has 3 rings (SSSR count). The zero-order valence-corrected chi connectivity index (χ0v) is 17.0. The molecule has 3 aromatic rings. The minimum atomic E-state index is -0.0474. The number of hydrogen-bond acceptors (Lipinski definition) is 3. The summed E-state index contributed by atoms with van der Waals surface area (Å²) in [5, 5.41) is 8.40. The Morgan fingerprint density at radius 2 is 1.70 bits per heavy atom. The van der Waals surface area contributed by atoms with Crippen LogP contribution in [0.2, 0.25) is 0 Å². The van der Waals surface area contributed by atoms with Crippen LogP contribution in [0.15, 0.2) is 42.5 Å². The molecule has 2 aromatic carbocycles. The second-order valence-corrected chi connectivity index (χ2v) is 8.29. The number of anilines is 1. The molecular weight excluding hydrogens is 336 g/mol. The van der Waals surface area contributed by atoms with Crippen LogP contribution in [-0.2, 0) is 19.0 Å². The molecule has 0 atom stereocenters. The highest BCUT2D eigenvalue weighted by atomic mass is 16.1. The monoisotopic (exact) mass is 364 g/mol. The summed E-state index contributed by atoms with van der Waals surface area (Å²) in [6, 6.07) is 13.9. The lowest BCUT2D eigenvalue weighted by Crippen LogP contribution is -2.26. The zero-order valence-electron chi connectivity index (χ0n) is 17.0. The molecule has 0 radical (unpaired) electrons. The van der Waals surface area contributed by atoms with Gasteiger partial charge in [0, 0.05) is 32.4 Å². The fraction of sp³-hybridized carbons (Fsp3) is 0.364. The number of aryl methyl sites for hydroxylation is 1. The number of nitrogens with zero attached hydrogens (tertiary/aromatic N) is 3. The predicted molar refractivity (Wildman–Crippen MR) is 111 cm³/mol. The Balaban J connectivity index is 2.06. The van der Waals surface area contributed by atoms with E-state index in [2.05, 4.69) is 26.8 Å². The summed E-state index contributed by atoms with van der Waals surface area (Å²) in [5.74, 6) is 0.0130. The van der Waals surface area contributed by atoms with Crippen LogP contribution in [0.5, 0.6) is 0 Å². The summed E-state index contributed by atoms with van der Waals surface area (Å²) < 4.78 is 3.58. The number of Topliss-reactive ketones (excluding diaryl/α,β-unsaturated/α-hetero) is 1. The first kappa shape index (κ1) is 19.0. The van der Waals surface area contributed by atoms with Crippen molar-refractivity contribution in [2.75, 3.05) is 19.0 Å². The van der Waals surface area contributed by atoms with Crippen molar-refractivity contribution in [3.63, 3.8) is 0 Å². The number of hydrogen-bond donors (Lipinski definition) is 1. The normalized spacial score (nSPS) is 11.8. The second kappa shape index (κ2) is 6.72. The number of carbonyl (C=O) groups excluding carboxylic acids is 1. The van der Waals surface area contributed by atoms with Gasteiger partial charge in [0.1, 0.15) is 0 Å². The van der Waals surface area contributed by atoms with E-state index in [9.17, 15) is 4.79 Å². The molecule has 0 saturated carbocycles. The molecule has 5 heteroatoms. The summed E-state index contributed by atoms with van der Waals surface area (Å²) in [6.07, 6.45) is 0. The molecule has 0 unspecified atom stereocenters. The maximum atomic E-state index is 13.1. The van der Waals surface area contributed by atoms with E-state index < -0.39 is 0 Å². The predicted octanol–water partition coefficient (Wildman–Crippen LogP) is 3.71. The van der Waals surface area contributed by atoms with Crippen molar-refractivity contribution in [2.45, 2.75) is 32.7 Å². The highest BCUT2D eigenvalue weighted by Crippen LogP contribution is 2.28. The number of para-hydroxylation sites is 2. The van der Waals surface area contributed by atoms with Crippen LogP contribution >= 0.6 is 0 Å². The van der Waals surface area contributed by atoms with E-state index in [0.717, 1.165) is 22.3 Å². The second-order valence-electron chi connectivity index (χ2n) is 8.29. The van der Waals surface area contributed by atoms with Gasteiger partial charge < -0.3 is 14.0 Å². The van der Waals surface area contributed by atoms with E-state index in [-0.39, 0.29) is 17.7 Å². The van der Waals surface area contributed by atoms with Gasteiger partial charge >= 0.3 is 0 Å². The summed E-state index contributed by atoms with van der Waals surface area (Å²) in [7, 11) is 5.82. The van der Waals surface area contributed by atoms with E-state index in [0.29, 0.717) is 11.2 Å². The third kappa shape index (κ3) is 3.54. The molecule has 0 aliphatic carbocycles. The van der Waals surface area contributed by atoms with Crippen LogP contribution in [0.25, 0.3) is 11.0 Å². The van der Waals surface area contributed by atoms with Crippen molar-refractivity contribution in [2.24, 2.45) is 7.05 Å². The standard InChI is InChI=1S/C22H28N4O/c1-22(2,3)16-11-15(12-17(13-16)24(4)5)20(27)14-26-19-10-8-7-9-18(19)25(6)21(26)23/h7-13,23H,14H2,1-6H3. The lowest BCUT2D eigenvalue weighted by Gasteiger charge is -2.23. The maximum Gasteiger partial charge on any atom is 0.203 e. The van der Waals surface area contributed by atoms with Crippen molar-refractivity contribution in [1.82, 2.24) is 9.13 Å². The van der Waals surface area contributed by atoms with Crippen LogP contribution in [0.1, 0.15) is 36.7 Å². The summed E-state index contributed by atoms with van der Waals surface area (Å²) in [5.41, 5.74) is 4.96. The van der Waals surface area contributed by atoms with E-state index in [4.69, 9.17) is 5.41 Å². The van der Waals surface area contributed by atoms with Gasteiger partial charge in [-0.1, -0.05) is 32.9 Å². The van der Waals surface area contributed by atoms with Gasteiger partial charge in [-0.05, 0) is 41.3 Å². The van der Waals surface area contributed by atoms with E-state index in [1.807, 2.05) is 62.4 Å². The molecular formula is C22H28N4O. The molecule has 1 aromatic heterocycles. The Labute approximate surface area is 160 Å². The third-order valence-electron chi connectivity index (χ3n) is 5.03. The minimum absolute atomic E-state index is 0.0130. The smallest absolute Gasteiger partial charge is 0.203 e. The van der Waals surface area contributed by atoms with Crippen molar-refractivity contribution >= 4 is 22.5 Å². The zero-order chi connectivity index (χ0) is 19.9. The van der Waals surface area contributed by atoms with Crippen molar-refractivity contribution < 1.29 is 4.79 Å². The molecule has 0 aliphatic heterocycles. The number of ketones is 1. The van der Waals surface area contributed by atoms with Crippen molar-refractivity contribution in [1.29, 1.82) is 5.41 Å². The number of carbonyl (C=O) groups is 1. The topological polar surface area (TPSA) is 54.0 Å². The number of nitrogens with one attached hydrogen (secondary N) is 1. The van der Waals surface area contributed by atoms with Crippen LogP contribution in [0.4, 0.5) is 5.69 Å². The molecule has 0 amide bonds. The molecule has 1 heterocycles. The summed E-state index contributed by atoms with van der Waals surface area (Å²) in [4.78, 5) is 15.2. The van der Waals surface area contributed by atoms with E-state index in [1.54, 1.807) is 9.13 Å². The van der Waals surface area contributed by atoms with Crippen LogP contribution in [-0.4, -0.2) is 29.0 Å². The van der Waals surface area contributed by atoms with Gasteiger partial charge in [0.05, 0.1) is 17.6 Å². The first-order valence-electron chi connectivity index (χ1n) is 9.14. The van der Waals surface area contributed by atoms with E-state index in [1.165, 1.54) is 0 Å². The molecule has 142 valence electrons. The quantitative estimate of drug-likeness (QED) is 0.718. The van der Waals surface area contributed by atoms with E-state index >= 15 is 0 Å². The molecule has 0 saturated heterocycles. The van der Waals surface area contributed by atoms with Gasteiger partial charge in [-0.2, -0.15) is 0 Å². The summed E-state index contributed by atoms with van der Waals surface area (Å²) >= 11 is 0. The molecule has 0 bridgehead atoms. The Morgan fingerprint density at radius 3 is 2.30 bits per heavy atom. The number of fused-ring (bicyclic) bond motifs is 1. The lowest BCUT2D eigenvalue weighted by molar-refractivity contribution is 0.0971. The number of imidazole rings is 1. The van der Waals surface area contributed by atoms with Gasteiger partial charge in [0.2, 0.25) is 5.62 Å². The van der Waals surface area contributed by atoms with Crippen molar-refractivity contribution in [3.05, 3.63) is 59.2 Å². The lowest BCUT2D eigenvalue weighted by atomic mass is 9.85. The molecule has 27 heavy (non-hydrogen) atoms. The van der Waals surface area contributed by atoms with Crippen LogP contribution in [0.3, 0.4) is 0 Å². The Bertz CT molecular complexity index is 1060. The maximum absolute atomic E-state index is 13.1. The SMILES string of the molecule is CN(C)c1cc(C(=O)Cn2c(=N)n(C)c3ccccc32)cc(C(C)(C)C)c1. The fourth-order valence-electron chi connectivity index (χ4n) is 3.24. The van der Waals surface area contributed by atoms with Gasteiger partial charge in [0.25, 0.3) is 0 Å². The molecule has 1 N–H and O–H groups in total. The molecule has 0 spiro atoms. The van der Waals surface area contributed by atoms with Gasteiger partial charge in [-0.3, -0.25) is 10.2 Å². The average molecular weight is 364 g/mol. The molecule has 0 aliphatic rings. The van der Waals surface area contributed by atoms with Gasteiger partial charge in [-0.15, -0.1) is 0 Å². The number of benzene rings is 2. The summed E-state index contributed by atoms with van der Waals surface area (Å²) in [6.45, 7) is 6.60. The highest BCUT2D eigenvalue weighted by Gasteiger charge is 2.19. The molecule has 0 fully saturated rings. The van der Waals surface area contributed by atoms with Gasteiger partial charge in [-0.25, -0.2) is 0 Å². The Hall–Kier alpha value is -2.82. The van der Waals surface area contributed by atoms with Crippen LogP contribution < -0.4 is 10.5 Å². The number of aromatic nitrogens is 2. The Kier molecular flexibility index (Phi) is 4.72. The first-order valence-corrected chi connectivity index (χ1v) is 9.14. The minimum Gasteiger partial charge on any atom is -0.378 e.